The number of guanidine groups is 1. The minimum absolute atomic E-state index is 0.193. The van der Waals surface area contributed by atoms with E-state index < -0.39 is 5.60 Å². The number of aliphatic imine (C=N–C) groups is 1. The van der Waals surface area contributed by atoms with Crippen LogP contribution in [0.1, 0.15) is 37.5 Å². The maximum Gasteiger partial charge on any atom is 0.191 e. The molecule has 8 heteroatoms. The molecule has 174 valence electrons. The summed E-state index contributed by atoms with van der Waals surface area (Å²) < 4.78 is 16.4. The molecule has 0 saturated carbocycles. The minimum Gasteiger partial charge on any atom is -0.497 e. The third kappa shape index (κ3) is 5.76. The van der Waals surface area contributed by atoms with Crippen LogP contribution < -0.4 is 20.1 Å². The van der Waals surface area contributed by atoms with Gasteiger partial charge < -0.3 is 34.6 Å². The molecule has 3 rings (SSSR count). The van der Waals surface area contributed by atoms with Gasteiger partial charge in [0.1, 0.15) is 28.6 Å². The Labute approximate surface area is 189 Å². The molecule has 32 heavy (non-hydrogen) atoms. The van der Waals surface area contributed by atoms with Gasteiger partial charge in [-0.25, -0.2) is 4.99 Å². The average molecular weight is 443 g/mol. The van der Waals surface area contributed by atoms with E-state index in [2.05, 4.69) is 26.7 Å². The van der Waals surface area contributed by atoms with Gasteiger partial charge in [0.05, 0.1) is 26.3 Å². The zero-order valence-electron chi connectivity index (χ0n) is 19.5. The highest BCUT2D eigenvalue weighted by Crippen LogP contribution is 2.31. The quantitative estimate of drug-likeness (QED) is 0.218. The number of H-pyrrole nitrogens is 1. The number of methoxy groups -OCH3 is 2. The summed E-state index contributed by atoms with van der Waals surface area (Å²) in [5.41, 5.74) is 0.960. The van der Waals surface area contributed by atoms with E-state index in [9.17, 15) is 5.11 Å². The molecule has 8 nitrogen and oxygen atoms in total. The number of hydrogen-bond donors (Lipinski definition) is 4. The Kier molecular flexibility index (Phi) is 7.69. The Morgan fingerprint density at radius 1 is 1.19 bits per heavy atom. The zero-order chi connectivity index (χ0) is 23.1. The third-order valence-electron chi connectivity index (χ3n) is 5.26. The van der Waals surface area contributed by atoms with E-state index in [0.717, 1.165) is 59.8 Å². The second-order valence-corrected chi connectivity index (χ2v) is 8.00. The number of ether oxygens (including phenoxy) is 2. The van der Waals surface area contributed by atoms with Gasteiger partial charge in [-0.15, -0.1) is 0 Å². The number of aliphatic hydroxyl groups is 1. The van der Waals surface area contributed by atoms with Crippen LogP contribution in [0.15, 0.2) is 39.7 Å². The molecule has 2 heterocycles. The Bertz CT molecular complexity index is 1050. The van der Waals surface area contributed by atoms with Crippen LogP contribution in [-0.2, 0) is 12.0 Å². The molecule has 0 bridgehead atoms. The van der Waals surface area contributed by atoms with Crippen molar-refractivity contribution in [3.63, 3.8) is 0 Å². The molecule has 4 N–H and O–H groups in total. The number of aryl methyl sites for hydroxylation is 2. The number of nitrogens with one attached hydrogen (secondary N) is 3. The van der Waals surface area contributed by atoms with Crippen molar-refractivity contribution in [2.75, 3.05) is 33.9 Å². The lowest BCUT2D eigenvalue weighted by atomic mass is 10.0. The molecule has 1 atom stereocenters. The first-order valence-corrected chi connectivity index (χ1v) is 10.9. The molecule has 0 saturated heterocycles. The Hall–Kier alpha value is -3.13. The van der Waals surface area contributed by atoms with Crippen LogP contribution in [0.5, 0.6) is 11.5 Å². The van der Waals surface area contributed by atoms with E-state index in [4.69, 9.17) is 13.9 Å². The molecular formula is C24H34N4O4. The molecule has 2 aromatic heterocycles. The maximum atomic E-state index is 10.7. The van der Waals surface area contributed by atoms with Crippen LogP contribution in [0.2, 0.25) is 0 Å². The minimum atomic E-state index is -1.17. The van der Waals surface area contributed by atoms with E-state index in [0.29, 0.717) is 11.7 Å². The molecule has 0 amide bonds. The van der Waals surface area contributed by atoms with Gasteiger partial charge >= 0.3 is 0 Å². The monoisotopic (exact) mass is 442 g/mol. The van der Waals surface area contributed by atoms with E-state index in [1.165, 1.54) is 0 Å². The molecule has 0 radical (unpaired) electrons. The van der Waals surface area contributed by atoms with E-state index in [1.807, 2.05) is 32.0 Å². The maximum absolute atomic E-state index is 10.7. The predicted octanol–water partition coefficient (Wildman–Crippen LogP) is 3.48. The van der Waals surface area contributed by atoms with Gasteiger partial charge in [-0.3, -0.25) is 0 Å². The van der Waals surface area contributed by atoms with Gasteiger partial charge in [-0.2, -0.15) is 0 Å². The van der Waals surface area contributed by atoms with Crippen LogP contribution in [-0.4, -0.2) is 49.9 Å². The van der Waals surface area contributed by atoms with E-state index in [-0.39, 0.29) is 6.54 Å². The molecule has 0 aliphatic rings. The lowest BCUT2D eigenvalue weighted by Gasteiger charge is -2.19. The van der Waals surface area contributed by atoms with Crippen molar-refractivity contribution >= 4 is 16.9 Å². The van der Waals surface area contributed by atoms with E-state index in [1.54, 1.807) is 27.2 Å². The molecule has 0 aliphatic carbocycles. The highest BCUT2D eigenvalue weighted by molar-refractivity contribution is 5.88. The topological polar surface area (TPSA) is 104 Å². The molecule has 3 aromatic rings. The zero-order valence-corrected chi connectivity index (χ0v) is 19.5. The summed E-state index contributed by atoms with van der Waals surface area (Å²) in [6.07, 6.45) is 1.78. The van der Waals surface area contributed by atoms with Crippen LogP contribution in [0.3, 0.4) is 0 Å². The number of aromatic nitrogens is 1. The van der Waals surface area contributed by atoms with Crippen molar-refractivity contribution in [1.29, 1.82) is 0 Å². The van der Waals surface area contributed by atoms with Gasteiger partial charge in [0.25, 0.3) is 0 Å². The fraction of sp³-hybridized carbons (Fsp3) is 0.458. The predicted molar refractivity (Wildman–Crippen MR) is 127 cm³/mol. The molecular weight excluding hydrogens is 408 g/mol. The van der Waals surface area contributed by atoms with Gasteiger partial charge in [0.2, 0.25) is 0 Å². The number of nitrogens with zero attached hydrogens (tertiary/aromatic N) is 1. The van der Waals surface area contributed by atoms with Gasteiger partial charge in [-0.05, 0) is 51.8 Å². The van der Waals surface area contributed by atoms with Crippen molar-refractivity contribution in [3.05, 3.63) is 47.5 Å². The summed E-state index contributed by atoms with van der Waals surface area (Å²) in [5.74, 6) is 3.50. The number of hydrogen-bond acceptors (Lipinski definition) is 5. The molecule has 0 aliphatic heterocycles. The van der Waals surface area contributed by atoms with Crippen molar-refractivity contribution in [3.8, 4) is 11.5 Å². The lowest BCUT2D eigenvalue weighted by molar-refractivity contribution is 0.0428. The van der Waals surface area contributed by atoms with Crippen LogP contribution in [0.25, 0.3) is 10.9 Å². The largest absolute Gasteiger partial charge is 0.497 e. The number of aromatic amines is 1. The van der Waals surface area contributed by atoms with Crippen molar-refractivity contribution in [1.82, 2.24) is 15.6 Å². The summed E-state index contributed by atoms with van der Waals surface area (Å²) in [5, 5.41) is 18.3. The van der Waals surface area contributed by atoms with E-state index >= 15 is 0 Å². The fourth-order valence-electron chi connectivity index (χ4n) is 3.52. The lowest BCUT2D eigenvalue weighted by Crippen LogP contribution is -2.39. The molecule has 1 aromatic carbocycles. The number of furan rings is 1. The first kappa shape index (κ1) is 23.5. The number of rotatable bonds is 10. The summed E-state index contributed by atoms with van der Waals surface area (Å²) in [6, 6.07) is 9.61. The summed E-state index contributed by atoms with van der Waals surface area (Å²) in [4.78, 5) is 7.98. The standard InChI is InChI=1S/C24H34N4O4/c1-6-25-23(27-15-24(3,29)22-10-9-16(2)32-22)26-11-7-8-17-12-19-20(28-17)13-18(30-4)14-21(19)31-5/h9-10,12-14,28-29H,6-8,11,15H2,1-5H3,(H2,25,26,27). The Morgan fingerprint density at radius 2 is 2.00 bits per heavy atom. The van der Waals surface area contributed by atoms with Gasteiger partial charge in [-0.1, -0.05) is 0 Å². The van der Waals surface area contributed by atoms with Crippen molar-refractivity contribution < 1.29 is 19.0 Å². The average Bonchev–Trinajstić information content (AvgIpc) is 3.40. The SMILES string of the molecule is CCNC(=NCC(C)(O)c1ccc(C)o1)NCCCc1cc2c(OC)cc(OC)cc2[nH]1. The third-order valence-corrected chi connectivity index (χ3v) is 5.26. The molecule has 0 spiro atoms. The Balaban J connectivity index is 1.57. The highest BCUT2D eigenvalue weighted by Gasteiger charge is 2.26. The second-order valence-electron chi connectivity index (χ2n) is 8.00. The molecule has 0 fully saturated rings. The summed E-state index contributed by atoms with van der Waals surface area (Å²) >= 11 is 0. The normalized spacial score (nSPS) is 13.8. The van der Waals surface area contributed by atoms with Crippen molar-refractivity contribution in [2.45, 2.75) is 39.2 Å². The highest BCUT2D eigenvalue weighted by atomic mass is 16.5. The van der Waals surface area contributed by atoms with Gasteiger partial charge in [0, 0.05) is 36.3 Å². The fourth-order valence-corrected chi connectivity index (χ4v) is 3.52. The summed E-state index contributed by atoms with van der Waals surface area (Å²) in [7, 11) is 3.31. The first-order chi connectivity index (χ1) is 15.4. The number of fused-ring (bicyclic) bond motifs is 1. The van der Waals surface area contributed by atoms with Gasteiger partial charge in [0.15, 0.2) is 5.96 Å². The first-order valence-electron chi connectivity index (χ1n) is 10.9. The van der Waals surface area contributed by atoms with Crippen LogP contribution in [0, 0.1) is 6.92 Å². The van der Waals surface area contributed by atoms with Crippen LogP contribution in [0.4, 0.5) is 0 Å². The smallest absolute Gasteiger partial charge is 0.191 e. The Morgan fingerprint density at radius 3 is 2.66 bits per heavy atom. The number of benzene rings is 1. The van der Waals surface area contributed by atoms with Crippen molar-refractivity contribution in [2.24, 2.45) is 4.99 Å². The second kappa shape index (κ2) is 10.5. The molecule has 1 unspecified atom stereocenters. The summed E-state index contributed by atoms with van der Waals surface area (Å²) in [6.45, 7) is 7.24. The van der Waals surface area contributed by atoms with Crippen LogP contribution >= 0.6 is 0 Å².